The van der Waals surface area contributed by atoms with Crippen LogP contribution in [0.4, 0.5) is 0 Å². The molecule has 1 atom stereocenters. The summed E-state index contributed by atoms with van der Waals surface area (Å²) in [4.78, 5) is 16.9. The molecule has 0 aromatic carbocycles. The fourth-order valence-corrected chi connectivity index (χ4v) is 3.74. The van der Waals surface area contributed by atoms with Gasteiger partial charge in [-0.1, -0.05) is 19.3 Å². The van der Waals surface area contributed by atoms with Crippen molar-refractivity contribution in [3.63, 3.8) is 0 Å². The van der Waals surface area contributed by atoms with Crippen LogP contribution in [0.25, 0.3) is 0 Å². The molecular weight excluding hydrogens is 252 g/mol. The molecule has 0 aromatic rings. The highest BCUT2D eigenvalue weighted by Gasteiger charge is 2.31. The number of amides is 1. The van der Waals surface area contributed by atoms with Gasteiger partial charge in [0.2, 0.25) is 5.91 Å². The zero-order chi connectivity index (χ0) is 14.4. The highest BCUT2D eigenvalue weighted by molar-refractivity contribution is 5.81. The number of carbonyl (C=O) groups excluding carboxylic acids is 1. The molecule has 4 nitrogen and oxygen atoms in total. The van der Waals surface area contributed by atoms with Gasteiger partial charge < -0.3 is 10.0 Å². The largest absolute Gasteiger partial charge is 0.395 e. The van der Waals surface area contributed by atoms with Crippen LogP contribution in [0.1, 0.15) is 58.3 Å². The maximum absolute atomic E-state index is 12.7. The number of piperidine rings is 1. The quantitative estimate of drug-likeness (QED) is 0.839. The standard InChI is InChI=1S/C16H30N2O2/c1-14(16(20)17-10-6-3-7-11-17)18(12-13-19)15-8-4-2-5-9-15/h14-15,19H,2-13H2,1H3. The van der Waals surface area contributed by atoms with Crippen molar-refractivity contribution < 1.29 is 9.90 Å². The van der Waals surface area contributed by atoms with E-state index in [1.54, 1.807) is 0 Å². The molecule has 1 saturated carbocycles. The predicted octanol–water partition coefficient (Wildman–Crippen LogP) is 2.01. The number of hydrogen-bond donors (Lipinski definition) is 1. The summed E-state index contributed by atoms with van der Waals surface area (Å²) < 4.78 is 0. The van der Waals surface area contributed by atoms with Crippen LogP contribution in [0.15, 0.2) is 0 Å². The zero-order valence-corrected chi connectivity index (χ0v) is 12.9. The van der Waals surface area contributed by atoms with Crippen molar-refractivity contribution in [2.75, 3.05) is 26.2 Å². The third-order valence-corrected chi connectivity index (χ3v) is 4.92. The molecule has 1 aliphatic heterocycles. The van der Waals surface area contributed by atoms with E-state index >= 15 is 0 Å². The van der Waals surface area contributed by atoms with E-state index < -0.39 is 0 Å². The second-order valence-electron chi connectivity index (χ2n) is 6.32. The second-order valence-corrected chi connectivity index (χ2v) is 6.32. The first-order valence-corrected chi connectivity index (χ1v) is 8.39. The average molecular weight is 282 g/mol. The van der Waals surface area contributed by atoms with E-state index in [9.17, 15) is 9.90 Å². The predicted molar refractivity (Wildman–Crippen MR) is 80.6 cm³/mol. The number of rotatable bonds is 5. The Morgan fingerprint density at radius 2 is 1.75 bits per heavy atom. The van der Waals surface area contributed by atoms with Crippen molar-refractivity contribution >= 4 is 5.91 Å². The molecule has 2 rings (SSSR count). The van der Waals surface area contributed by atoms with Crippen molar-refractivity contribution in [1.29, 1.82) is 0 Å². The SMILES string of the molecule is CC(C(=O)N1CCCCC1)N(CCO)C1CCCCC1. The first kappa shape index (κ1) is 15.8. The minimum Gasteiger partial charge on any atom is -0.395 e. The molecule has 0 bridgehead atoms. The first-order valence-electron chi connectivity index (χ1n) is 8.39. The van der Waals surface area contributed by atoms with Gasteiger partial charge in [0, 0.05) is 25.7 Å². The molecule has 0 aromatic heterocycles. The maximum Gasteiger partial charge on any atom is 0.239 e. The average Bonchev–Trinajstić information content (AvgIpc) is 2.53. The molecule has 1 N–H and O–H groups in total. The van der Waals surface area contributed by atoms with Crippen LogP contribution in [0, 0.1) is 0 Å². The molecule has 1 amide bonds. The van der Waals surface area contributed by atoms with E-state index in [0.717, 1.165) is 25.9 Å². The normalized spacial score (nSPS) is 23.1. The van der Waals surface area contributed by atoms with Gasteiger partial charge in [0.1, 0.15) is 0 Å². The number of aliphatic hydroxyl groups is 1. The summed E-state index contributed by atoms with van der Waals surface area (Å²) in [7, 11) is 0. The van der Waals surface area contributed by atoms with Gasteiger partial charge in [-0.25, -0.2) is 0 Å². The smallest absolute Gasteiger partial charge is 0.239 e. The van der Waals surface area contributed by atoms with Gasteiger partial charge in [-0.2, -0.15) is 0 Å². The lowest BCUT2D eigenvalue weighted by molar-refractivity contribution is -0.138. The Kier molecular flexibility index (Phi) is 6.30. The van der Waals surface area contributed by atoms with Gasteiger partial charge in [0.05, 0.1) is 12.6 Å². The maximum atomic E-state index is 12.7. The lowest BCUT2D eigenvalue weighted by atomic mass is 9.93. The van der Waals surface area contributed by atoms with Gasteiger partial charge in [-0.05, 0) is 39.0 Å². The molecular formula is C16H30N2O2. The lowest BCUT2D eigenvalue weighted by Gasteiger charge is -2.40. The van der Waals surface area contributed by atoms with Crippen LogP contribution in [-0.2, 0) is 4.79 Å². The van der Waals surface area contributed by atoms with Crippen molar-refractivity contribution in [1.82, 2.24) is 9.80 Å². The van der Waals surface area contributed by atoms with E-state index in [1.807, 2.05) is 11.8 Å². The molecule has 1 unspecified atom stereocenters. The first-order chi connectivity index (χ1) is 9.74. The van der Waals surface area contributed by atoms with Gasteiger partial charge in [-0.3, -0.25) is 9.69 Å². The van der Waals surface area contributed by atoms with E-state index in [0.29, 0.717) is 12.6 Å². The van der Waals surface area contributed by atoms with Crippen LogP contribution >= 0.6 is 0 Å². The fraction of sp³-hybridized carbons (Fsp3) is 0.938. The van der Waals surface area contributed by atoms with Crippen molar-refractivity contribution in [3.8, 4) is 0 Å². The number of likely N-dealkylation sites (tertiary alicyclic amines) is 1. The van der Waals surface area contributed by atoms with E-state index in [-0.39, 0.29) is 18.6 Å². The highest BCUT2D eigenvalue weighted by Crippen LogP contribution is 2.25. The van der Waals surface area contributed by atoms with Gasteiger partial charge in [-0.15, -0.1) is 0 Å². The number of hydrogen-bond acceptors (Lipinski definition) is 3. The molecule has 4 heteroatoms. The van der Waals surface area contributed by atoms with Gasteiger partial charge >= 0.3 is 0 Å². The summed E-state index contributed by atoms with van der Waals surface area (Å²) in [5.41, 5.74) is 0. The molecule has 2 aliphatic rings. The summed E-state index contributed by atoms with van der Waals surface area (Å²) in [6.07, 6.45) is 9.73. The van der Waals surface area contributed by atoms with Crippen LogP contribution in [0.2, 0.25) is 0 Å². The van der Waals surface area contributed by atoms with Crippen molar-refractivity contribution in [3.05, 3.63) is 0 Å². The minimum absolute atomic E-state index is 0.0802. The highest BCUT2D eigenvalue weighted by atomic mass is 16.3. The topological polar surface area (TPSA) is 43.8 Å². The summed E-state index contributed by atoms with van der Waals surface area (Å²) >= 11 is 0. The summed E-state index contributed by atoms with van der Waals surface area (Å²) in [5, 5.41) is 9.34. The van der Waals surface area contributed by atoms with E-state index in [1.165, 1.54) is 38.5 Å². The van der Waals surface area contributed by atoms with Gasteiger partial charge in [0.15, 0.2) is 0 Å². The molecule has 0 radical (unpaired) electrons. The van der Waals surface area contributed by atoms with Crippen molar-refractivity contribution in [2.24, 2.45) is 0 Å². The summed E-state index contributed by atoms with van der Waals surface area (Å²) in [6.45, 7) is 4.64. The summed E-state index contributed by atoms with van der Waals surface area (Å²) in [6, 6.07) is 0.406. The number of nitrogens with zero attached hydrogens (tertiary/aromatic N) is 2. The van der Waals surface area contributed by atoms with Crippen molar-refractivity contribution in [2.45, 2.75) is 70.4 Å². The second kappa shape index (κ2) is 7.99. The van der Waals surface area contributed by atoms with Gasteiger partial charge in [0.25, 0.3) is 0 Å². The molecule has 2 fully saturated rings. The third-order valence-electron chi connectivity index (χ3n) is 4.92. The molecule has 0 spiro atoms. The van der Waals surface area contributed by atoms with Crippen LogP contribution in [0.5, 0.6) is 0 Å². The Hall–Kier alpha value is -0.610. The zero-order valence-electron chi connectivity index (χ0n) is 12.9. The van der Waals surface area contributed by atoms with E-state index in [4.69, 9.17) is 0 Å². The molecule has 1 aliphatic carbocycles. The molecule has 20 heavy (non-hydrogen) atoms. The Labute approximate surface area is 123 Å². The van der Waals surface area contributed by atoms with Crippen LogP contribution in [-0.4, -0.2) is 59.1 Å². The Balaban J connectivity index is 1.97. The van der Waals surface area contributed by atoms with Crippen LogP contribution in [0.3, 0.4) is 0 Å². The number of carbonyl (C=O) groups is 1. The lowest BCUT2D eigenvalue weighted by Crippen LogP contribution is -2.53. The Morgan fingerprint density at radius 1 is 1.15 bits per heavy atom. The monoisotopic (exact) mass is 282 g/mol. The minimum atomic E-state index is -0.0802. The Bertz CT molecular complexity index is 297. The molecule has 1 saturated heterocycles. The fourth-order valence-electron chi connectivity index (χ4n) is 3.74. The van der Waals surface area contributed by atoms with Crippen LogP contribution < -0.4 is 0 Å². The third kappa shape index (κ3) is 3.95. The molecule has 1 heterocycles. The molecule has 116 valence electrons. The summed E-state index contributed by atoms with van der Waals surface area (Å²) in [5.74, 6) is 0.267. The number of aliphatic hydroxyl groups excluding tert-OH is 1. The Morgan fingerprint density at radius 3 is 2.35 bits per heavy atom. The van der Waals surface area contributed by atoms with E-state index in [2.05, 4.69) is 4.90 Å².